The molecule has 16 heavy (non-hydrogen) atoms. The van der Waals surface area contributed by atoms with Crippen molar-refractivity contribution >= 4 is 12.2 Å². The lowest BCUT2D eigenvalue weighted by molar-refractivity contribution is 0.722. The Bertz CT molecular complexity index is 568. The third kappa shape index (κ3) is 1.96. The van der Waals surface area contributed by atoms with Crippen LogP contribution in [-0.4, -0.2) is 19.7 Å². The van der Waals surface area contributed by atoms with Gasteiger partial charge >= 0.3 is 5.69 Å². The maximum absolute atomic E-state index is 11.4. The van der Waals surface area contributed by atoms with Gasteiger partial charge in [-0.25, -0.2) is 9.89 Å². The lowest BCUT2D eigenvalue weighted by Gasteiger charge is -2.05. The van der Waals surface area contributed by atoms with Crippen molar-refractivity contribution in [2.24, 2.45) is 0 Å². The lowest BCUT2D eigenvalue weighted by atomic mass is 10.1. The molecule has 0 saturated carbocycles. The van der Waals surface area contributed by atoms with Gasteiger partial charge in [0.1, 0.15) is 0 Å². The molecule has 2 aromatic rings. The Kier molecular flexibility index (Phi) is 3.00. The van der Waals surface area contributed by atoms with Gasteiger partial charge in [-0.2, -0.15) is 0 Å². The molecule has 0 atom stereocenters. The topological polar surface area (TPSA) is 66.5 Å². The minimum absolute atomic E-state index is 0.238. The predicted octanol–water partition coefficient (Wildman–Crippen LogP) is 1.24. The fraction of sp³-hybridized carbons (Fsp3) is 0.300. The molecule has 0 spiro atoms. The first-order valence-electron chi connectivity index (χ1n) is 5.02. The first-order valence-corrected chi connectivity index (χ1v) is 5.43. The van der Waals surface area contributed by atoms with Gasteiger partial charge in [-0.05, 0) is 30.3 Å². The lowest BCUT2D eigenvalue weighted by Crippen LogP contribution is -2.19. The molecule has 2 aromatic heterocycles. The Morgan fingerprint density at radius 2 is 2.31 bits per heavy atom. The van der Waals surface area contributed by atoms with E-state index in [-0.39, 0.29) is 5.69 Å². The molecular weight excluding hydrogens is 224 g/mol. The molecule has 0 unspecified atom stereocenters. The molecule has 0 bridgehead atoms. The monoisotopic (exact) mass is 236 g/mol. The van der Waals surface area contributed by atoms with E-state index in [1.54, 1.807) is 6.20 Å². The number of aryl methyl sites for hydroxylation is 1. The highest BCUT2D eigenvalue weighted by Crippen LogP contribution is 2.07. The summed E-state index contributed by atoms with van der Waals surface area (Å²) in [4.78, 5) is 15.7. The van der Waals surface area contributed by atoms with Gasteiger partial charge in [0.05, 0.1) is 12.2 Å². The molecular formula is C10H12N4OS. The molecule has 84 valence electrons. The number of hydrogen-bond donors (Lipinski definition) is 2. The summed E-state index contributed by atoms with van der Waals surface area (Å²) in [5.74, 6) is 0. The molecule has 0 fully saturated rings. The van der Waals surface area contributed by atoms with Crippen molar-refractivity contribution in [2.75, 3.05) is 0 Å². The number of aromatic nitrogens is 4. The van der Waals surface area contributed by atoms with Gasteiger partial charge in [0, 0.05) is 6.20 Å². The zero-order valence-corrected chi connectivity index (χ0v) is 9.67. The molecule has 0 aliphatic rings. The first-order chi connectivity index (χ1) is 7.72. The van der Waals surface area contributed by atoms with Crippen molar-refractivity contribution in [3.8, 4) is 0 Å². The molecule has 2 heterocycles. The predicted molar refractivity (Wildman–Crippen MR) is 63.0 cm³/mol. The summed E-state index contributed by atoms with van der Waals surface area (Å²) < 4.78 is 1.84. The average Bonchev–Trinajstić information content (AvgIpc) is 2.61. The van der Waals surface area contributed by atoms with Crippen molar-refractivity contribution in [3.63, 3.8) is 0 Å². The van der Waals surface area contributed by atoms with E-state index in [9.17, 15) is 4.79 Å². The summed E-state index contributed by atoms with van der Waals surface area (Å²) in [5, 5.41) is 5.05. The van der Waals surface area contributed by atoms with E-state index in [1.165, 1.54) is 4.57 Å². The summed E-state index contributed by atoms with van der Waals surface area (Å²) in [5.41, 5.74) is 1.77. The SMILES string of the molecule is CCc1cccnc1Cn1c(=O)[nH][nH]c1=S. The number of hydrogen-bond acceptors (Lipinski definition) is 3. The normalized spacial score (nSPS) is 10.6. The van der Waals surface area contributed by atoms with Crippen molar-refractivity contribution < 1.29 is 0 Å². The number of nitrogens with one attached hydrogen (secondary N) is 2. The van der Waals surface area contributed by atoms with Crippen LogP contribution < -0.4 is 5.69 Å². The van der Waals surface area contributed by atoms with Crippen LogP contribution in [0.2, 0.25) is 0 Å². The second-order valence-electron chi connectivity index (χ2n) is 3.41. The van der Waals surface area contributed by atoms with E-state index < -0.39 is 0 Å². The molecule has 0 aromatic carbocycles. The number of pyridine rings is 1. The minimum Gasteiger partial charge on any atom is -0.272 e. The average molecular weight is 236 g/mol. The molecule has 2 rings (SSSR count). The van der Waals surface area contributed by atoms with Gasteiger partial charge in [0.2, 0.25) is 0 Å². The number of H-pyrrole nitrogens is 2. The van der Waals surface area contributed by atoms with Crippen molar-refractivity contribution in [1.82, 2.24) is 19.7 Å². The zero-order valence-electron chi connectivity index (χ0n) is 8.86. The quantitative estimate of drug-likeness (QED) is 0.788. The molecule has 6 heteroatoms. The zero-order chi connectivity index (χ0) is 11.5. The van der Waals surface area contributed by atoms with Crippen molar-refractivity contribution in [2.45, 2.75) is 19.9 Å². The second-order valence-corrected chi connectivity index (χ2v) is 3.80. The molecule has 0 aliphatic heterocycles. The summed E-state index contributed by atoms with van der Waals surface area (Å²) >= 11 is 5.00. The van der Waals surface area contributed by atoms with Gasteiger partial charge in [0.25, 0.3) is 0 Å². The van der Waals surface area contributed by atoms with Crippen LogP contribution in [0.1, 0.15) is 18.2 Å². The van der Waals surface area contributed by atoms with Gasteiger partial charge in [0.15, 0.2) is 4.77 Å². The Hall–Kier alpha value is -1.69. The van der Waals surface area contributed by atoms with Crippen LogP contribution in [0.4, 0.5) is 0 Å². The number of rotatable bonds is 3. The molecule has 0 amide bonds. The summed E-state index contributed by atoms with van der Waals surface area (Å²) in [7, 11) is 0. The highest BCUT2D eigenvalue weighted by Gasteiger charge is 2.05. The van der Waals surface area contributed by atoms with Crippen LogP contribution in [-0.2, 0) is 13.0 Å². The molecule has 0 aliphatic carbocycles. The maximum atomic E-state index is 11.4. The Morgan fingerprint density at radius 3 is 2.94 bits per heavy atom. The van der Waals surface area contributed by atoms with E-state index in [4.69, 9.17) is 12.2 Å². The molecule has 0 radical (unpaired) electrons. The van der Waals surface area contributed by atoms with E-state index in [2.05, 4.69) is 22.1 Å². The Balaban J connectivity index is 2.41. The van der Waals surface area contributed by atoms with Gasteiger partial charge in [-0.1, -0.05) is 13.0 Å². The molecule has 5 nitrogen and oxygen atoms in total. The van der Waals surface area contributed by atoms with Crippen LogP contribution in [0.3, 0.4) is 0 Å². The third-order valence-electron chi connectivity index (χ3n) is 2.44. The highest BCUT2D eigenvalue weighted by molar-refractivity contribution is 7.71. The van der Waals surface area contributed by atoms with Crippen LogP contribution >= 0.6 is 12.2 Å². The van der Waals surface area contributed by atoms with E-state index in [1.807, 2.05) is 12.1 Å². The molecule has 0 saturated heterocycles. The standard InChI is InChI=1S/C10H12N4OS/c1-2-7-4-3-5-11-8(7)6-14-9(15)12-13-10(14)16/h3-5H,2,6H2,1H3,(H,12,15)(H,13,16). The number of aromatic amines is 2. The maximum Gasteiger partial charge on any atom is 0.342 e. The third-order valence-corrected chi connectivity index (χ3v) is 2.76. The van der Waals surface area contributed by atoms with Crippen molar-refractivity contribution in [1.29, 1.82) is 0 Å². The summed E-state index contributed by atoms with van der Waals surface area (Å²) in [6.07, 6.45) is 2.61. The highest BCUT2D eigenvalue weighted by atomic mass is 32.1. The van der Waals surface area contributed by atoms with Crippen LogP contribution in [0.15, 0.2) is 23.1 Å². The van der Waals surface area contributed by atoms with E-state index >= 15 is 0 Å². The van der Waals surface area contributed by atoms with Crippen LogP contribution in [0.25, 0.3) is 0 Å². The van der Waals surface area contributed by atoms with E-state index in [0.717, 1.165) is 17.7 Å². The van der Waals surface area contributed by atoms with Crippen LogP contribution in [0, 0.1) is 4.77 Å². The Labute approximate surface area is 97.2 Å². The fourth-order valence-corrected chi connectivity index (χ4v) is 1.76. The van der Waals surface area contributed by atoms with Crippen LogP contribution in [0.5, 0.6) is 0 Å². The Morgan fingerprint density at radius 1 is 1.50 bits per heavy atom. The largest absolute Gasteiger partial charge is 0.342 e. The fourth-order valence-electron chi connectivity index (χ4n) is 1.56. The molecule has 2 N–H and O–H groups in total. The number of nitrogens with zero attached hydrogens (tertiary/aromatic N) is 2. The van der Waals surface area contributed by atoms with Gasteiger partial charge < -0.3 is 0 Å². The summed E-state index contributed by atoms with van der Waals surface area (Å²) in [6.45, 7) is 2.46. The van der Waals surface area contributed by atoms with Gasteiger partial charge in [-0.3, -0.25) is 14.6 Å². The smallest absolute Gasteiger partial charge is 0.272 e. The minimum atomic E-state index is -0.238. The second kappa shape index (κ2) is 4.44. The van der Waals surface area contributed by atoms with Crippen molar-refractivity contribution in [3.05, 3.63) is 44.8 Å². The van der Waals surface area contributed by atoms with E-state index in [0.29, 0.717) is 11.3 Å². The van der Waals surface area contributed by atoms with Gasteiger partial charge in [-0.15, -0.1) is 0 Å². The summed E-state index contributed by atoms with van der Waals surface area (Å²) in [6, 6.07) is 3.90. The first kappa shape index (κ1) is 10.8.